The maximum atomic E-state index is 4.62. The van der Waals surface area contributed by atoms with Gasteiger partial charge in [-0.3, -0.25) is 4.98 Å². The van der Waals surface area contributed by atoms with E-state index in [1.807, 2.05) is 12.3 Å². The summed E-state index contributed by atoms with van der Waals surface area (Å²) in [5, 5.41) is 6.60. The van der Waals surface area contributed by atoms with Crippen molar-refractivity contribution >= 4 is 5.96 Å². The van der Waals surface area contributed by atoms with E-state index < -0.39 is 0 Å². The second-order valence-electron chi connectivity index (χ2n) is 5.30. The summed E-state index contributed by atoms with van der Waals surface area (Å²) in [6.45, 7) is 8.40. The summed E-state index contributed by atoms with van der Waals surface area (Å²) in [7, 11) is 0. The summed E-state index contributed by atoms with van der Waals surface area (Å²) >= 11 is 0. The zero-order chi connectivity index (χ0) is 15.8. The van der Waals surface area contributed by atoms with Gasteiger partial charge in [-0.25, -0.2) is 4.99 Å². The minimum absolute atomic E-state index is 0.664. The maximum absolute atomic E-state index is 4.62. The van der Waals surface area contributed by atoms with E-state index in [0.717, 1.165) is 18.2 Å². The molecule has 0 amide bonds. The summed E-state index contributed by atoms with van der Waals surface area (Å²) in [6, 6.07) is 12.5. The average molecular weight is 296 g/mol. The molecule has 0 fully saturated rings. The highest BCUT2D eigenvalue weighted by Gasteiger charge is 2.01. The molecule has 2 rings (SSSR count). The van der Waals surface area contributed by atoms with Gasteiger partial charge in [0.15, 0.2) is 5.96 Å². The average Bonchev–Trinajstić information content (AvgIpc) is 2.53. The number of guanidine groups is 1. The van der Waals surface area contributed by atoms with Crippen molar-refractivity contribution in [3.05, 3.63) is 65.0 Å². The molecule has 22 heavy (non-hydrogen) atoms. The molecule has 4 nitrogen and oxygen atoms in total. The SMILES string of the molecule is CCNC(=NCc1ccc(C)cc1)NCc1ncccc1C. The van der Waals surface area contributed by atoms with Crippen molar-refractivity contribution in [3.8, 4) is 0 Å². The monoisotopic (exact) mass is 296 g/mol. The quantitative estimate of drug-likeness (QED) is 0.659. The van der Waals surface area contributed by atoms with Crippen molar-refractivity contribution in [1.82, 2.24) is 15.6 Å². The maximum Gasteiger partial charge on any atom is 0.191 e. The molecule has 0 bridgehead atoms. The van der Waals surface area contributed by atoms with Crippen molar-refractivity contribution in [3.63, 3.8) is 0 Å². The second kappa shape index (κ2) is 8.17. The first-order chi connectivity index (χ1) is 10.7. The zero-order valence-electron chi connectivity index (χ0n) is 13.6. The van der Waals surface area contributed by atoms with Crippen LogP contribution in [0.1, 0.15) is 29.3 Å². The van der Waals surface area contributed by atoms with Crippen LogP contribution in [0.15, 0.2) is 47.6 Å². The summed E-state index contributed by atoms with van der Waals surface area (Å²) in [5.74, 6) is 0.813. The normalized spacial score (nSPS) is 11.3. The van der Waals surface area contributed by atoms with Gasteiger partial charge in [-0.05, 0) is 38.0 Å². The Hall–Kier alpha value is -2.36. The number of rotatable bonds is 5. The number of pyridine rings is 1. The number of aliphatic imine (C=N–C) groups is 1. The topological polar surface area (TPSA) is 49.3 Å². The van der Waals surface area contributed by atoms with Crippen LogP contribution < -0.4 is 10.6 Å². The number of nitrogens with one attached hydrogen (secondary N) is 2. The number of benzene rings is 1. The molecule has 1 aromatic carbocycles. The molecule has 0 aliphatic heterocycles. The predicted molar refractivity (Wildman–Crippen MR) is 91.8 cm³/mol. The molecule has 0 saturated heterocycles. The summed E-state index contributed by atoms with van der Waals surface area (Å²) in [5.41, 5.74) is 4.70. The van der Waals surface area contributed by atoms with Crippen LogP contribution in [0.5, 0.6) is 0 Å². The lowest BCUT2D eigenvalue weighted by molar-refractivity contribution is 0.794. The molecule has 0 unspecified atom stereocenters. The van der Waals surface area contributed by atoms with Crippen molar-refractivity contribution in [2.75, 3.05) is 6.54 Å². The molecule has 1 heterocycles. The van der Waals surface area contributed by atoms with E-state index in [9.17, 15) is 0 Å². The van der Waals surface area contributed by atoms with Gasteiger partial charge in [-0.1, -0.05) is 35.9 Å². The molecular formula is C18H24N4. The Morgan fingerprint density at radius 1 is 1.09 bits per heavy atom. The number of aromatic nitrogens is 1. The molecule has 0 radical (unpaired) electrons. The van der Waals surface area contributed by atoms with E-state index in [0.29, 0.717) is 13.1 Å². The minimum Gasteiger partial charge on any atom is -0.357 e. The van der Waals surface area contributed by atoms with E-state index in [-0.39, 0.29) is 0 Å². The Bertz CT molecular complexity index is 617. The van der Waals surface area contributed by atoms with Crippen molar-refractivity contribution < 1.29 is 0 Å². The summed E-state index contributed by atoms with van der Waals surface area (Å²) in [6.07, 6.45) is 1.82. The highest BCUT2D eigenvalue weighted by atomic mass is 15.2. The smallest absolute Gasteiger partial charge is 0.191 e. The molecule has 1 aromatic heterocycles. The standard InChI is InChI=1S/C18H24N4/c1-4-19-18(21-12-16-9-7-14(2)8-10-16)22-13-17-15(3)6-5-11-20-17/h5-11H,4,12-13H2,1-3H3,(H2,19,21,22). The van der Waals surface area contributed by atoms with Gasteiger partial charge in [0.2, 0.25) is 0 Å². The van der Waals surface area contributed by atoms with Crippen LogP contribution in [0.25, 0.3) is 0 Å². The van der Waals surface area contributed by atoms with Gasteiger partial charge < -0.3 is 10.6 Å². The zero-order valence-corrected chi connectivity index (χ0v) is 13.6. The highest BCUT2D eigenvalue weighted by Crippen LogP contribution is 2.05. The molecule has 2 N–H and O–H groups in total. The fourth-order valence-corrected chi connectivity index (χ4v) is 2.08. The van der Waals surface area contributed by atoms with Crippen molar-refractivity contribution in [1.29, 1.82) is 0 Å². The minimum atomic E-state index is 0.664. The molecular weight excluding hydrogens is 272 g/mol. The number of hydrogen-bond acceptors (Lipinski definition) is 2. The first-order valence-electron chi connectivity index (χ1n) is 7.67. The van der Waals surface area contributed by atoms with Gasteiger partial charge in [0, 0.05) is 12.7 Å². The Morgan fingerprint density at radius 3 is 2.55 bits per heavy atom. The van der Waals surface area contributed by atoms with Gasteiger partial charge in [0.1, 0.15) is 0 Å². The van der Waals surface area contributed by atoms with Gasteiger partial charge in [-0.15, -0.1) is 0 Å². The molecule has 0 atom stereocenters. The fourth-order valence-electron chi connectivity index (χ4n) is 2.08. The highest BCUT2D eigenvalue weighted by molar-refractivity contribution is 5.79. The van der Waals surface area contributed by atoms with E-state index in [1.54, 1.807) is 0 Å². The lowest BCUT2D eigenvalue weighted by atomic mass is 10.1. The van der Waals surface area contributed by atoms with E-state index in [2.05, 4.69) is 71.7 Å². The largest absolute Gasteiger partial charge is 0.357 e. The van der Waals surface area contributed by atoms with Gasteiger partial charge in [-0.2, -0.15) is 0 Å². The molecule has 0 spiro atoms. The van der Waals surface area contributed by atoms with E-state index in [4.69, 9.17) is 0 Å². The summed E-state index contributed by atoms with van der Waals surface area (Å²) in [4.78, 5) is 9.02. The van der Waals surface area contributed by atoms with Crippen LogP contribution in [0.2, 0.25) is 0 Å². The molecule has 2 aromatic rings. The third kappa shape index (κ3) is 4.88. The Kier molecular flexibility index (Phi) is 5.95. The third-order valence-electron chi connectivity index (χ3n) is 3.43. The van der Waals surface area contributed by atoms with Crippen LogP contribution >= 0.6 is 0 Å². The first-order valence-corrected chi connectivity index (χ1v) is 7.67. The second-order valence-corrected chi connectivity index (χ2v) is 5.30. The summed E-state index contributed by atoms with van der Waals surface area (Å²) < 4.78 is 0. The Balaban J connectivity index is 1.98. The van der Waals surface area contributed by atoms with E-state index in [1.165, 1.54) is 16.7 Å². The lowest BCUT2D eigenvalue weighted by Crippen LogP contribution is -2.37. The van der Waals surface area contributed by atoms with Crippen molar-refractivity contribution in [2.45, 2.75) is 33.9 Å². The number of nitrogens with zero attached hydrogens (tertiary/aromatic N) is 2. The van der Waals surface area contributed by atoms with Crippen LogP contribution in [0.4, 0.5) is 0 Å². The predicted octanol–water partition coefficient (Wildman–Crippen LogP) is 2.95. The molecule has 0 aliphatic carbocycles. The molecule has 0 aliphatic rings. The van der Waals surface area contributed by atoms with Crippen LogP contribution in [-0.2, 0) is 13.1 Å². The number of aryl methyl sites for hydroxylation is 2. The van der Waals surface area contributed by atoms with Gasteiger partial charge >= 0.3 is 0 Å². The Labute approximate surface area is 132 Å². The molecule has 116 valence electrons. The van der Waals surface area contributed by atoms with Crippen LogP contribution in [0, 0.1) is 13.8 Å². The third-order valence-corrected chi connectivity index (χ3v) is 3.43. The van der Waals surface area contributed by atoms with E-state index >= 15 is 0 Å². The molecule has 4 heteroatoms. The first kappa shape index (κ1) is 16.0. The van der Waals surface area contributed by atoms with Crippen molar-refractivity contribution in [2.24, 2.45) is 4.99 Å². The molecule has 0 saturated carbocycles. The lowest BCUT2D eigenvalue weighted by Gasteiger charge is -2.12. The van der Waals surface area contributed by atoms with Gasteiger partial charge in [0.25, 0.3) is 0 Å². The number of hydrogen-bond donors (Lipinski definition) is 2. The fraction of sp³-hybridized carbons (Fsp3) is 0.333. The Morgan fingerprint density at radius 2 is 1.86 bits per heavy atom. The van der Waals surface area contributed by atoms with Crippen LogP contribution in [-0.4, -0.2) is 17.5 Å². The van der Waals surface area contributed by atoms with Gasteiger partial charge in [0.05, 0.1) is 18.8 Å². The van der Waals surface area contributed by atoms with Crippen LogP contribution in [0.3, 0.4) is 0 Å².